The molecule has 0 spiro atoms. The van der Waals surface area contributed by atoms with Crippen LogP contribution in [0, 0.1) is 0 Å². The standard InChI is InChI=1S/C11H17BrClNOS/c1-2-5-15-6-3-4-14-8-9-7-10(12)11(13)16-9/h7,14H,2-6,8H2,1H3. The van der Waals surface area contributed by atoms with Crippen molar-refractivity contribution < 1.29 is 4.74 Å². The first kappa shape index (κ1) is 14.5. The van der Waals surface area contributed by atoms with Gasteiger partial charge >= 0.3 is 0 Å². The smallest absolute Gasteiger partial charge is 0.107 e. The van der Waals surface area contributed by atoms with Crippen LogP contribution < -0.4 is 5.32 Å². The maximum atomic E-state index is 5.95. The van der Waals surface area contributed by atoms with Crippen LogP contribution in [0.2, 0.25) is 4.34 Å². The Morgan fingerprint density at radius 2 is 2.31 bits per heavy atom. The molecule has 5 heteroatoms. The number of halogens is 2. The van der Waals surface area contributed by atoms with Crippen molar-refractivity contribution in [2.24, 2.45) is 0 Å². The second-order valence-electron chi connectivity index (χ2n) is 3.48. The van der Waals surface area contributed by atoms with Crippen LogP contribution in [-0.2, 0) is 11.3 Å². The Morgan fingerprint density at radius 1 is 1.50 bits per heavy atom. The number of thiophene rings is 1. The molecule has 0 atom stereocenters. The molecule has 0 bridgehead atoms. The minimum absolute atomic E-state index is 0.822. The van der Waals surface area contributed by atoms with Gasteiger partial charge in [0.05, 0.1) is 0 Å². The highest BCUT2D eigenvalue weighted by Gasteiger charge is 2.03. The van der Waals surface area contributed by atoms with E-state index >= 15 is 0 Å². The van der Waals surface area contributed by atoms with Crippen molar-refractivity contribution in [2.45, 2.75) is 26.3 Å². The number of nitrogens with one attached hydrogen (secondary N) is 1. The molecule has 1 aromatic rings. The van der Waals surface area contributed by atoms with Gasteiger partial charge in [-0.1, -0.05) is 18.5 Å². The molecule has 92 valence electrons. The Hall–Kier alpha value is 0.390. The molecule has 1 heterocycles. The monoisotopic (exact) mass is 325 g/mol. The van der Waals surface area contributed by atoms with E-state index in [0.29, 0.717) is 0 Å². The summed E-state index contributed by atoms with van der Waals surface area (Å²) in [4.78, 5) is 1.26. The van der Waals surface area contributed by atoms with Gasteiger partial charge in [0.1, 0.15) is 4.34 Å². The highest BCUT2D eigenvalue weighted by molar-refractivity contribution is 9.10. The summed E-state index contributed by atoms with van der Waals surface area (Å²) in [6.07, 6.45) is 2.15. The molecule has 0 fully saturated rings. The second kappa shape index (κ2) is 8.48. The molecule has 1 rings (SSSR count). The summed E-state index contributed by atoms with van der Waals surface area (Å²) >= 11 is 11.0. The maximum Gasteiger partial charge on any atom is 0.107 e. The molecule has 0 radical (unpaired) electrons. The van der Waals surface area contributed by atoms with Crippen LogP contribution in [0.25, 0.3) is 0 Å². The van der Waals surface area contributed by atoms with Crippen LogP contribution in [0.1, 0.15) is 24.6 Å². The molecule has 0 amide bonds. The summed E-state index contributed by atoms with van der Waals surface area (Å²) in [5.74, 6) is 0. The molecule has 0 aliphatic rings. The molecule has 0 unspecified atom stereocenters. The summed E-state index contributed by atoms with van der Waals surface area (Å²) in [6, 6.07) is 2.06. The van der Waals surface area contributed by atoms with E-state index in [-0.39, 0.29) is 0 Å². The Kier molecular flexibility index (Phi) is 7.66. The first-order chi connectivity index (χ1) is 7.74. The van der Waals surface area contributed by atoms with Gasteiger partial charge in [-0.3, -0.25) is 0 Å². The predicted molar refractivity (Wildman–Crippen MR) is 74.5 cm³/mol. The van der Waals surface area contributed by atoms with Gasteiger partial charge in [-0.25, -0.2) is 0 Å². The van der Waals surface area contributed by atoms with Crippen LogP contribution in [0.4, 0.5) is 0 Å². The Labute approximate surface area is 114 Å². The number of hydrogen-bond donors (Lipinski definition) is 1. The van der Waals surface area contributed by atoms with Crippen LogP contribution >= 0.6 is 38.9 Å². The van der Waals surface area contributed by atoms with Crippen molar-refractivity contribution in [1.29, 1.82) is 0 Å². The topological polar surface area (TPSA) is 21.3 Å². The molecule has 1 aromatic heterocycles. The minimum Gasteiger partial charge on any atom is -0.381 e. The molecule has 0 aliphatic heterocycles. The SMILES string of the molecule is CCCOCCCNCc1cc(Br)c(Cl)s1. The lowest BCUT2D eigenvalue weighted by molar-refractivity contribution is 0.132. The van der Waals surface area contributed by atoms with Gasteiger partial charge in [-0.05, 0) is 41.4 Å². The summed E-state index contributed by atoms with van der Waals surface area (Å²) < 4.78 is 7.20. The van der Waals surface area contributed by atoms with Crippen LogP contribution in [0.3, 0.4) is 0 Å². The lowest BCUT2D eigenvalue weighted by Gasteiger charge is -2.03. The predicted octanol–water partition coefficient (Wildman–Crippen LogP) is 4.07. The van der Waals surface area contributed by atoms with Crippen LogP contribution in [0.5, 0.6) is 0 Å². The summed E-state index contributed by atoms with van der Waals surface area (Å²) in [5.41, 5.74) is 0. The average molecular weight is 327 g/mol. The first-order valence-corrected chi connectivity index (χ1v) is 7.45. The summed E-state index contributed by atoms with van der Waals surface area (Å²) in [7, 11) is 0. The lowest BCUT2D eigenvalue weighted by Crippen LogP contribution is -2.15. The maximum absolute atomic E-state index is 5.95. The third-order valence-electron chi connectivity index (χ3n) is 1.99. The quantitative estimate of drug-likeness (QED) is 0.727. The van der Waals surface area contributed by atoms with Crippen molar-refractivity contribution in [3.63, 3.8) is 0 Å². The summed E-state index contributed by atoms with van der Waals surface area (Å²) in [5, 5.41) is 3.37. The number of rotatable bonds is 8. The van der Waals surface area contributed by atoms with Crippen LogP contribution in [0.15, 0.2) is 10.5 Å². The largest absolute Gasteiger partial charge is 0.381 e. The van der Waals surface area contributed by atoms with E-state index in [0.717, 1.165) is 48.0 Å². The highest BCUT2D eigenvalue weighted by atomic mass is 79.9. The van der Waals surface area contributed by atoms with E-state index in [1.807, 2.05) is 0 Å². The normalized spacial score (nSPS) is 10.9. The molecule has 16 heavy (non-hydrogen) atoms. The van der Waals surface area contributed by atoms with Crippen molar-refractivity contribution in [1.82, 2.24) is 5.32 Å². The molecule has 1 N–H and O–H groups in total. The molecule has 0 aliphatic carbocycles. The van der Waals surface area contributed by atoms with Crippen molar-refractivity contribution in [2.75, 3.05) is 19.8 Å². The van der Waals surface area contributed by atoms with Crippen molar-refractivity contribution in [3.05, 3.63) is 19.8 Å². The van der Waals surface area contributed by atoms with Gasteiger partial charge < -0.3 is 10.1 Å². The van der Waals surface area contributed by atoms with Gasteiger partial charge in [0.2, 0.25) is 0 Å². The fraction of sp³-hybridized carbons (Fsp3) is 0.636. The fourth-order valence-electron chi connectivity index (χ4n) is 1.24. The molecular formula is C11H17BrClNOS. The second-order valence-corrected chi connectivity index (χ2v) is 6.07. The van der Waals surface area contributed by atoms with Crippen molar-refractivity contribution >= 4 is 38.9 Å². The first-order valence-electron chi connectivity index (χ1n) is 5.46. The highest BCUT2D eigenvalue weighted by Crippen LogP contribution is 2.31. The number of ether oxygens (including phenoxy) is 1. The zero-order chi connectivity index (χ0) is 11.8. The van der Waals surface area contributed by atoms with Crippen molar-refractivity contribution in [3.8, 4) is 0 Å². The third kappa shape index (κ3) is 5.64. The Balaban J connectivity index is 2.03. The number of hydrogen-bond acceptors (Lipinski definition) is 3. The third-order valence-corrected chi connectivity index (χ3v) is 4.46. The zero-order valence-corrected chi connectivity index (χ0v) is 12.6. The van der Waals surface area contributed by atoms with E-state index in [9.17, 15) is 0 Å². The molecular weight excluding hydrogens is 310 g/mol. The molecule has 0 aromatic carbocycles. The minimum atomic E-state index is 0.822. The van der Waals surface area contributed by atoms with Gasteiger partial charge in [0, 0.05) is 29.1 Å². The molecule has 0 saturated carbocycles. The van der Waals surface area contributed by atoms with E-state index < -0.39 is 0 Å². The molecule has 2 nitrogen and oxygen atoms in total. The van der Waals surface area contributed by atoms with E-state index in [2.05, 4.69) is 34.2 Å². The fourth-order valence-corrected chi connectivity index (χ4v) is 3.00. The van der Waals surface area contributed by atoms with Gasteiger partial charge in [0.25, 0.3) is 0 Å². The van der Waals surface area contributed by atoms with E-state index in [4.69, 9.17) is 16.3 Å². The van der Waals surface area contributed by atoms with Gasteiger partial charge in [0.15, 0.2) is 0 Å². The van der Waals surface area contributed by atoms with Gasteiger partial charge in [-0.2, -0.15) is 0 Å². The Bertz CT molecular complexity index is 287. The van der Waals surface area contributed by atoms with E-state index in [1.165, 1.54) is 4.88 Å². The lowest BCUT2D eigenvalue weighted by atomic mass is 10.4. The Morgan fingerprint density at radius 3 is 2.94 bits per heavy atom. The molecule has 0 saturated heterocycles. The van der Waals surface area contributed by atoms with Crippen LogP contribution in [-0.4, -0.2) is 19.8 Å². The summed E-state index contributed by atoms with van der Waals surface area (Å²) in [6.45, 7) is 5.69. The zero-order valence-electron chi connectivity index (χ0n) is 9.39. The van der Waals surface area contributed by atoms with E-state index in [1.54, 1.807) is 11.3 Å². The average Bonchev–Trinajstić information content (AvgIpc) is 2.57. The van der Waals surface area contributed by atoms with Gasteiger partial charge in [-0.15, -0.1) is 11.3 Å².